The predicted octanol–water partition coefficient (Wildman–Crippen LogP) is 4.99. The summed E-state index contributed by atoms with van der Waals surface area (Å²) >= 11 is 0. The Morgan fingerprint density at radius 3 is 2.22 bits per heavy atom. The molecule has 23 heavy (non-hydrogen) atoms. The van der Waals surface area contributed by atoms with Crippen LogP contribution in [0.5, 0.6) is 11.5 Å². The van der Waals surface area contributed by atoms with Gasteiger partial charge in [0, 0.05) is 0 Å². The third kappa shape index (κ3) is 3.92. The summed E-state index contributed by atoms with van der Waals surface area (Å²) in [5.41, 5.74) is 1.52. The van der Waals surface area contributed by atoms with E-state index in [4.69, 9.17) is 9.47 Å². The predicted molar refractivity (Wildman–Crippen MR) is 92.3 cm³/mol. The lowest BCUT2D eigenvalue weighted by Crippen LogP contribution is -2.22. The minimum atomic E-state index is -0.353. The van der Waals surface area contributed by atoms with Gasteiger partial charge in [0.25, 0.3) is 0 Å². The zero-order chi connectivity index (χ0) is 16.9. The van der Waals surface area contributed by atoms with Crippen LogP contribution in [0.25, 0.3) is 0 Å². The van der Waals surface area contributed by atoms with Crippen LogP contribution < -0.4 is 9.47 Å². The lowest BCUT2D eigenvalue weighted by Gasteiger charge is -2.25. The second-order valence-corrected chi connectivity index (χ2v) is 6.05. The van der Waals surface area contributed by atoms with Crippen LogP contribution in [0.3, 0.4) is 0 Å². The lowest BCUT2D eigenvalue weighted by atomic mass is 9.80. The molecule has 0 saturated carbocycles. The van der Waals surface area contributed by atoms with Gasteiger partial charge in [0.15, 0.2) is 11.5 Å². The molecule has 0 unspecified atom stereocenters. The van der Waals surface area contributed by atoms with E-state index in [1.54, 1.807) is 12.1 Å². The molecular weight excluding hydrogens is 288 g/mol. The van der Waals surface area contributed by atoms with E-state index in [1.165, 1.54) is 0 Å². The van der Waals surface area contributed by atoms with Gasteiger partial charge in [-0.05, 0) is 42.5 Å². The van der Waals surface area contributed by atoms with Crippen molar-refractivity contribution in [3.8, 4) is 11.5 Å². The smallest absolute Gasteiger partial charge is 0.343 e. The highest BCUT2D eigenvalue weighted by molar-refractivity contribution is 5.93. The number of carbonyl (C=O) groups is 1. The number of carbonyl (C=O) groups excluding carboxylic acids is 1. The van der Waals surface area contributed by atoms with Crippen molar-refractivity contribution in [2.45, 2.75) is 39.5 Å². The molecule has 0 spiro atoms. The molecule has 0 heterocycles. The van der Waals surface area contributed by atoms with E-state index in [1.807, 2.05) is 43.3 Å². The van der Waals surface area contributed by atoms with Gasteiger partial charge in [-0.15, -0.1) is 0 Å². The summed E-state index contributed by atoms with van der Waals surface area (Å²) in [5, 5.41) is 0. The van der Waals surface area contributed by atoms with Gasteiger partial charge in [-0.25, -0.2) is 4.79 Å². The average molecular weight is 312 g/mol. The molecule has 3 heteroatoms. The first-order valence-corrected chi connectivity index (χ1v) is 8.03. The number of hydrogen-bond donors (Lipinski definition) is 0. The number of rotatable bonds is 6. The molecule has 0 amide bonds. The Morgan fingerprint density at radius 2 is 1.57 bits per heavy atom. The maximum Gasteiger partial charge on any atom is 0.343 e. The topological polar surface area (TPSA) is 35.5 Å². The fourth-order valence-electron chi connectivity index (χ4n) is 2.41. The fourth-order valence-corrected chi connectivity index (χ4v) is 2.41. The fraction of sp³-hybridized carbons (Fsp3) is 0.350. The first-order valence-electron chi connectivity index (χ1n) is 8.03. The molecule has 0 N–H and O–H groups in total. The number of para-hydroxylation sites is 2. The van der Waals surface area contributed by atoms with E-state index in [0.717, 1.165) is 12.0 Å². The molecule has 0 aliphatic carbocycles. The van der Waals surface area contributed by atoms with Crippen LogP contribution in [-0.2, 0) is 5.41 Å². The Kier molecular flexibility index (Phi) is 5.43. The van der Waals surface area contributed by atoms with Crippen LogP contribution in [0.4, 0.5) is 0 Å². The first kappa shape index (κ1) is 17.1. The van der Waals surface area contributed by atoms with Crippen molar-refractivity contribution >= 4 is 5.97 Å². The van der Waals surface area contributed by atoms with Crippen LogP contribution in [0.1, 0.15) is 50.0 Å². The standard InChI is InChI=1S/C20H24O3/c1-5-20(3,4)16-12-8-7-11-15(16)19(21)23-18-14-10-9-13-17(18)22-6-2/h7-14H,5-6H2,1-4H3. The highest BCUT2D eigenvalue weighted by Gasteiger charge is 2.25. The van der Waals surface area contributed by atoms with Crippen LogP contribution in [0.15, 0.2) is 48.5 Å². The Hall–Kier alpha value is -2.29. The van der Waals surface area contributed by atoms with Crippen LogP contribution in [0.2, 0.25) is 0 Å². The number of ether oxygens (including phenoxy) is 2. The molecule has 0 aliphatic rings. The molecule has 2 aromatic rings. The minimum Gasteiger partial charge on any atom is -0.490 e. The molecular formula is C20H24O3. The van der Waals surface area contributed by atoms with Crippen molar-refractivity contribution in [2.75, 3.05) is 6.61 Å². The summed E-state index contributed by atoms with van der Waals surface area (Å²) in [6.45, 7) is 8.80. The van der Waals surface area contributed by atoms with E-state index < -0.39 is 0 Å². The van der Waals surface area contributed by atoms with Crippen molar-refractivity contribution in [1.29, 1.82) is 0 Å². The van der Waals surface area contributed by atoms with E-state index in [9.17, 15) is 4.79 Å². The van der Waals surface area contributed by atoms with E-state index in [2.05, 4.69) is 20.8 Å². The molecule has 122 valence electrons. The maximum absolute atomic E-state index is 12.7. The van der Waals surface area contributed by atoms with Crippen LogP contribution in [0, 0.1) is 0 Å². The summed E-state index contributed by atoms with van der Waals surface area (Å²) in [6, 6.07) is 14.9. The van der Waals surface area contributed by atoms with Gasteiger partial charge in [-0.3, -0.25) is 0 Å². The molecule has 0 aromatic heterocycles. The number of benzene rings is 2. The van der Waals surface area contributed by atoms with Crippen molar-refractivity contribution in [1.82, 2.24) is 0 Å². The highest BCUT2D eigenvalue weighted by Crippen LogP contribution is 2.32. The molecule has 0 aliphatic heterocycles. The van der Waals surface area contributed by atoms with Crippen molar-refractivity contribution < 1.29 is 14.3 Å². The number of esters is 1. The van der Waals surface area contributed by atoms with E-state index in [-0.39, 0.29) is 11.4 Å². The molecule has 0 bridgehead atoms. The van der Waals surface area contributed by atoms with Gasteiger partial charge >= 0.3 is 5.97 Å². The Balaban J connectivity index is 2.33. The second kappa shape index (κ2) is 7.32. The van der Waals surface area contributed by atoms with Gasteiger partial charge in [0.1, 0.15) is 0 Å². The van der Waals surface area contributed by atoms with Crippen LogP contribution >= 0.6 is 0 Å². The zero-order valence-electron chi connectivity index (χ0n) is 14.3. The second-order valence-electron chi connectivity index (χ2n) is 6.05. The van der Waals surface area contributed by atoms with Gasteiger partial charge < -0.3 is 9.47 Å². The SMILES string of the molecule is CCOc1ccccc1OC(=O)c1ccccc1C(C)(C)CC. The quantitative estimate of drug-likeness (QED) is 0.556. The van der Waals surface area contributed by atoms with E-state index >= 15 is 0 Å². The van der Waals surface area contributed by atoms with Crippen molar-refractivity contribution in [3.05, 3.63) is 59.7 Å². The maximum atomic E-state index is 12.7. The Labute approximate surface area is 138 Å². The summed E-state index contributed by atoms with van der Waals surface area (Å²) in [5.74, 6) is 0.674. The minimum absolute atomic E-state index is 0.0882. The highest BCUT2D eigenvalue weighted by atomic mass is 16.6. The summed E-state index contributed by atoms with van der Waals surface area (Å²) in [7, 11) is 0. The van der Waals surface area contributed by atoms with E-state index in [0.29, 0.717) is 23.7 Å². The normalized spacial score (nSPS) is 11.1. The third-order valence-electron chi connectivity index (χ3n) is 4.11. The van der Waals surface area contributed by atoms with Gasteiger partial charge in [-0.2, -0.15) is 0 Å². The summed E-state index contributed by atoms with van der Waals surface area (Å²) in [6.07, 6.45) is 0.937. The number of hydrogen-bond acceptors (Lipinski definition) is 3. The molecule has 0 fully saturated rings. The largest absolute Gasteiger partial charge is 0.490 e. The third-order valence-corrected chi connectivity index (χ3v) is 4.11. The molecule has 0 radical (unpaired) electrons. The van der Waals surface area contributed by atoms with Crippen molar-refractivity contribution in [2.24, 2.45) is 0 Å². The molecule has 0 saturated heterocycles. The first-order chi connectivity index (χ1) is 11.0. The average Bonchev–Trinajstić information content (AvgIpc) is 2.57. The molecule has 2 aromatic carbocycles. The van der Waals surface area contributed by atoms with Gasteiger partial charge in [0.05, 0.1) is 12.2 Å². The Morgan fingerprint density at radius 1 is 0.957 bits per heavy atom. The van der Waals surface area contributed by atoms with Gasteiger partial charge in [0.2, 0.25) is 0 Å². The zero-order valence-corrected chi connectivity index (χ0v) is 14.3. The van der Waals surface area contributed by atoms with Crippen molar-refractivity contribution in [3.63, 3.8) is 0 Å². The molecule has 2 rings (SSSR count). The summed E-state index contributed by atoms with van der Waals surface area (Å²) < 4.78 is 11.1. The van der Waals surface area contributed by atoms with Crippen LogP contribution in [-0.4, -0.2) is 12.6 Å². The monoisotopic (exact) mass is 312 g/mol. The summed E-state index contributed by atoms with van der Waals surface area (Å²) in [4.78, 5) is 12.7. The van der Waals surface area contributed by atoms with Gasteiger partial charge in [-0.1, -0.05) is 51.1 Å². The molecule has 0 atom stereocenters. The Bertz CT molecular complexity index is 674. The lowest BCUT2D eigenvalue weighted by molar-refractivity contribution is 0.0725. The molecule has 3 nitrogen and oxygen atoms in total.